The fourth-order valence-electron chi connectivity index (χ4n) is 4.79. The minimum Gasteiger partial charge on any atom is -0.366 e. The molecule has 3 N–H and O–H groups in total. The van der Waals surface area contributed by atoms with Crippen LogP contribution in [0.15, 0.2) is 60.9 Å². The zero-order valence-electron chi connectivity index (χ0n) is 20.5. The Kier molecular flexibility index (Phi) is 7.82. The van der Waals surface area contributed by atoms with E-state index in [9.17, 15) is 9.59 Å². The number of H-pyrrole nitrogens is 1. The van der Waals surface area contributed by atoms with Gasteiger partial charge >= 0.3 is 0 Å². The van der Waals surface area contributed by atoms with E-state index in [0.29, 0.717) is 30.8 Å². The molecule has 1 saturated heterocycles. The SMILES string of the molecule is CCN(CC)C(=O)c1ccc(N(c2cccc(C(N)=O)c2)C2CCCCN2Cc2ncc[nH]2)cc1. The van der Waals surface area contributed by atoms with Gasteiger partial charge in [0.15, 0.2) is 0 Å². The third-order valence-electron chi connectivity index (χ3n) is 6.64. The molecule has 0 bridgehead atoms. The summed E-state index contributed by atoms with van der Waals surface area (Å²) in [7, 11) is 0. The van der Waals surface area contributed by atoms with E-state index in [1.165, 1.54) is 0 Å². The molecule has 2 aromatic carbocycles. The number of carbonyl (C=O) groups excluding carboxylic acids is 2. The van der Waals surface area contributed by atoms with Gasteiger partial charge in [0.2, 0.25) is 5.91 Å². The number of hydrogen-bond donors (Lipinski definition) is 2. The Labute approximate surface area is 206 Å². The van der Waals surface area contributed by atoms with Gasteiger partial charge in [-0.3, -0.25) is 14.5 Å². The largest absolute Gasteiger partial charge is 0.366 e. The number of likely N-dealkylation sites (tertiary alicyclic amines) is 1. The van der Waals surface area contributed by atoms with E-state index in [1.807, 2.05) is 67.4 Å². The van der Waals surface area contributed by atoms with Crippen molar-refractivity contribution in [2.24, 2.45) is 5.73 Å². The van der Waals surface area contributed by atoms with Crippen molar-refractivity contribution in [3.63, 3.8) is 0 Å². The van der Waals surface area contributed by atoms with Gasteiger partial charge in [0, 0.05) is 54.5 Å². The van der Waals surface area contributed by atoms with Crippen LogP contribution in [0.4, 0.5) is 11.4 Å². The first-order valence-electron chi connectivity index (χ1n) is 12.3. The van der Waals surface area contributed by atoms with Crippen molar-refractivity contribution < 1.29 is 9.59 Å². The Hall–Kier alpha value is -3.65. The lowest BCUT2D eigenvalue weighted by Gasteiger charge is -2.43. The number of rotatable bonds is 9. The minimum absolute atomic E-state index is 0.0286. The van der Waals surface area contributed by atoms with Gasteiger partial charge < -0.3 is 20.5 Å². The summed E-state index contributed by atoms with van der Waals surface area (Å²) in [6.45, 7) is 6.96. The first-order valence-corrected chi connectivity index (χ1v) is 12.3. The smallest absolute Gasteiger partial charge is 0.253 e. The van der Waals surface area contributed by atoms with E-state index in [2.05, 4.69) is 19.8 Å². The number of hydrogen-bond acceptors (Lipinski definition) is 5. The number of benzene rings is 2. The Balaban J connectivity index is 1.72. The molecule has 1 unspecified atom stereocenters. The molecule has 8 heteroatoms. The highest BCUT2D eigenvalue weighted by Crippen LogP contribution is 2.34. The summed E-state index contributed by atoms with van der Waals surface area (Å²) in [4.78, 5) is 38.9. The molecular formula is C27H34N6O2. The molecular weight excluding hydrogens is 440 g/mol. The van der Waals surface area contributed by atoms with Gasteiger partial charge in [-0.25, -0.2) is 4.98 Å². The Morgan fingerprint density at radius 3 is 2.49 bits per heavy atom. The lowest BCUT2D eigenvalue weighted by atomic mass is 10.0. The van der Waals surface area contributed by atoms with Crippen LogP contribution in [0.5, 0.6) is 0 Å². The lowest BCUT2D eigenvalue weighted by molar-refractivity contribution is 0.0772. The van der Waals surface area contributed by atoms with E-state index in [1.54, 1.807) is 12.3 Å². The average Bonchev–Trinajstić information content (AvgIpc) is 3.40. The van der Waals surface area contributed by atoms with Crippen molar-refractivity contribution in [3.05, 3.63) is 77.9 Å². The summed E-state index contributed by atoms with van der Waals surface area (Å²) in [6.07, 6.45) is 6.85. The van der Waals surface area contributed by atoms with E-state index in [0.717, 1.165) is 43.0 Å². The van der Waals surface area contributed by atoms with Crippen molar-refractivity contribution in [3.8, 4) is 0 Å². The Morgan fingerprint density at radius 2 is 1.83 bits per heavy atom. The van der Waals surface area contributed by atoms with Crippen LogP contribution in [0.1, 0.15) is 59.7 Å². The number of anilines is 2. The Bertz CT molecular complexity index is 1120. The van der Waals surface area contributed by atoms with Crippen LogP contribution in [0, 0.1) is 0 Å². The minimum atomic E-state index is -0.456. The maximum Gasteiger partial charge on any atom is 0.253 e. The fourth-order valence-corrected chi connectivity index (χ4v) is 4.79. The van der Waals surface area contributed by atoms with Gasteiger partial charge in [0.1, 0.15) is 5.82 Å². The van der Waals surface area contributed by atoms with E-state index < -0.39 is 5.91 Å². The second kappa shape index (κ2) is 11.2. The van der Waals surface area contributed by atoms with Crippen molar-refractivity contribution in [2.75, 3.05) is 24.5 Å². The normalized spacial score (nSPS) is 16.1. The second-order valence-corrected chi connectivity index (χ2v) is 8.79. The molecule has 1 fully saturated rings. The number of aromatic amines is 1. The highest BCUT2D eigenvalue weighted by atomic mass is 16.2. The number of nitrogens with zero attached hydrogens (tertiary/aromatic N) is 4. The summed E-state index contributed by atoms with van der Waals surface area (Å²) in [6, 6.07) is 15.2. The standard InChI is InChI=1S/C27H34N6O2/c1-3-31(4-2)27(35)20-11-13-22(14-12-20)33(23-9-7-8-21(18-23)26(28)34)25-10-5-6-17-32(25)19-24-29-15-16-30-24/h7-9,11-16,18,25H,3-6,10,17,19H2,1-2H3,(H2,28,34)(H,29,30). The lowest BCUT2D eigenvalue weighted by Crippen LogP contribution is -2.49. The summed E-state index contributed by atoms with van der Waals surface area (Å²) >= 11 is 0. The second-order valence-electron chi connectivity index (χ2n) is 8.79. The molecule has 4 rings (SSSR count). The van der Waals surface area contributed by atoms with Crippen LogP contribution in [0.2, 0.25) is 0 Å². The zero-order valence-corrected chi connectivity index (χ0v) is 20.5. The summed E-state index contributed by atoms with van der Waals surface area (Å²) in [5.41, 5.74) is 8.58. The molecule has 2 amide bonds. The third kappa shape index (κ3) is 5.54. The number of carbonyl (C=O) groups is 2. The van der Waals surface area contributed by atoms with E-state index in [-0.39, 0.29) is 12.1 Å². The first-order chi connectivity index (χ1) is 17.0. The topological polar surface area (TPSA) is 98.6 Å². The van der Waals surface area contributed by atoms with E-state index >= 15 is 0 Å². The predicted octanol–water partition coefficient (Wildman–Crippen LogP) is 4.14. The summed E-state index contributed by atoms with van der Waals surface area (Å²) in [5, 5.41) is 0. The van der Waals surface area contributed by atoms with Crippen molar-refractivity contribution >= 4 is 23.2 Å². The number of amides is 2. The highest BCUT2D eigenvalue weighted by molar-refractivity contribution is 5.95. The fraction of sp³-hybridized carbons (Fsp3) is 0.370. The average molecular weight is 475 g/mol. The number of nitrogens with one attached hydrogen (secondary N) is 1. The third-order valence-corrected chi connectivity index (χ3v) is 6.64. The molecule has 3 aromatic rings. The summed E-state index contributed by atoms with van der Waals surface area (Å²) < 4.78 is 0. The van der Waals surface area contributed by atoms with Gasteiger partial charge in [-0.1, -0.05) is 6.07 Å². The molecule has 0 aliphatic carbocycles. The maximum absolute atomic E-state index is 12.9. The van der Waals surface area contributed by atoms with Crippen LogP contribution in [0.25, 0.3) is 0 Å². The molecule has 0 radical (unpaired) electrons. The summed E-state index contributed by atoms with van der Waals surface area (Å²) in [5.74, 6) is 0.492. The van der Waals surface area contributed by atoms with Crippen molar-refractivity contribution in [2.45, 2.75) is 45.8 Å². The number of primary amides is 1. The Morgan fingerprint density at radius 1 is 1.06 bits per heavy atom. The van der Waals surface area contributed by atoms with Gasteiger partial charge in [0.05, 0.1) is 12.7 Å². The van der Waals surface area contributed by atoms with Crippen LogP contribution in [-0.4, -0.2) is 57.4 Å². The highest BCUT2D eigenvalue weighted by Gasteiger charge is 2.30. The number of aromatic nitrogens is 2. The molecule has 1 atom stereocenters. The molecule has 0 spiro atoms. The van der Waals surface area contributed by atoms with Gasteiger partial charge in [-0.2, -0.15) is 0 Å². The molecule has 35 heavy (non-hydrogen) atoms. The molecule has 8 nitrogen and oxygen atoms in total. The molecule has 1 aliphatic heterocycles. The number of piperidine rings is 1. The molecule has 0 saturated carbocycles. The maximum atomic E-state index is 12.9. The molecule has 2 heterocycles. The van der Waals surface area contributed by atoms with E-state index in [4.69, 9.17) is 5.73 Å². The van der Waals surface area contributed by atoms with Crippen LogP contribution >= 0.6 is 0 Å². The van der Waals surface area contributed by atoms with Crippen LogP contribution in [0.3, 0.4) is 0 Å². The number of imidazole rings is 1. The molecule has 1 aromatic heterocycles. The van der Waals surface area contributed by atoms with Crippen LogP contribution < -0.4 is 10.6 Å². The number of nitrogens with two attached hydrogens (primary N) is 1. The van der Waals surface area contributed by atoms with Gasteiger partial charge in [-0.05, 0) is 75.6 Å². The molecule has 184 valence electrons. The van der Waals surface area contributed by atoms with Gasteiger partial charge in [-0.15, -0.1) is 0 Å². The predicted molar refractivity (Wildman–Crippen MR) is 137 cm³/mol. The monoisotopic (exact) mass is 474 g/mol. The molecule has 1 aliphatic rings. The van der Waals surface area contributed by atoms with Crippen LogP contribution in [-0.2, 0) is 6.54 Å². The first kappa shape index (κ1) is 24.5. The van der Waals surface area contributed by atoms with Crippen molar-refractivity contribution in [1.82, 2.24) is 19.8 Å². The van der Waals surface area contributed by atoms with Crippen molar-refractivity contribution in [1.29, 1.82) is 0 Å². The van der Waals surface area contributed by atoms with Gasteiger partial charge in [0.25, 0.3) is 5.91 Å². The quantitative estimate of drug-likeness (QED) is 0.486. The zero-order chi connectivity index (χ0) is 24.8.